The molecule has 0 aliphatic rings. The minimum atomic E-state index is -0.00193. The van der Waals surface area contributed by atoms with E-state index in [4.69, 9.17) is 5.73 Å². The summed E-state index contributed by atoms with van der Waals surface area (Å²) in [4.78, 5) is 11.0. The van der Waals surface area contributed by atoms with E-state index in [0.29, 0.717) is 11.3 Å². The smallest absolute Gasteiger partial charge is 0.161 e. The molecule has 0 radical (unpaired) electrons. The molecule has 1 aromatic rings. The Labute approximate surface area is 92.8 Å². The molecule has 0 saturated carbocycles. The normalized spacial score (nSPS) is 9.92. The average molecular weight is 340 g/mol. The first kappa shape index (κ1) is 9.98. The second-order valence-corrected chi connectivity index (χ2v) is 4.43. The zero-order valence-electron chi connectivity index (χ0n) is 6.40. The second-order valence-electron chi connectivity index (χ2n) is 2.41. The first-order valence-electron chi connectivity index (χ1n) is 3.28. The fourth-order valence-electron chi connectivity index (χ4n) is 0.867. The molecule has 2 N–H and O–H groups in total. The number of ketones is 1. The molecule has 0 bridgehead atoms. The van der Waals surface area contributed by atoms with E-state index in [1.807, 2.05) is 0 Å². The predicted octanol–water partition coefficient (Wildman–Crippen LogP) is 2.84. The van der Waals surface area contributed by atoms with Crippen LogP contribution in [0.3, 0.4) is 0 Å². The third kappa shape index (κ3) is 1.98. The summed E-state index contributed by atoms with van der Waals surface area (Å²) < 4.78 is 1.91. The molecule has 0 aliphatic carbocycles. The number of nitrogens with two attached hydrogens (primary N) is 1. The van der Waals surface area contributed by atoms with E-state index < -0.39 is 0 Å². The lowest BCUT2D eigenvalue weighted by Crippen LogP contribution is -2.00. The molecule has 2 nitrogen and oxygen atoms in total. The molecule has 4 heteroatoms. The Kier molecular flexibility index (Phi) is 3.11. The van der Waals surface area contributed by atoms with Crippen LogP contribution < -0.4 is 5.73 Å². The van der Waals surface area contributed by atoms with E-state index in [9.17, 15) is 4.79 Å². The summed E-state index contributed by atoms with van der Waals surface area (Å²) in [5, 5.41) is 0. The van der Waals surface area contributed by atoms with Gasteiger partial charge >= 0.3 is 0 Å². The van der Waals surface area contributed by atoms with Gasteiger partial charge in [0, 0.05) is 19.3 Å². The SMILES string of the molecule is CC(=O)c1cc(I)c(Br)cc1N. The minimum Gasteiger partial charge on any atom is -0.398 e. The van der Waals surface area contributed by atoms with Gasteiger partial charge in [-0.3, -0.25) is 4.79 Å². The van der Waals surface area contributed by atoms with Crippen molar-refractivity contribution in [2.45, 2.75) is 6.92 Å². The molecular formula is C8H7BrINO. The number of rotatable bonds is 1. The molecule has 0 saturated heterocycles. The van der Waals surface area contributed by atoms with Crippen LogP contribution in [0, 0.1) is 3.57 Å². The van der Waals surface area contributed by atoms with Gasteiger partial charge in [0.1, 0.15) is 0 Å². The quantitative estimate of drug-likeness (QED) is 0.485. The summed E-state index contributed by atoms with van der Waals surface area (Å²) in [6, 6.07) is 3.53. The van der Waals surface area contributed by atoms with Crippen molar-refractivity contribution in [2.24, 2.45) is 0 Å². The van der Waals surface area contributed by atoms with Gasteiger partial charge in [0.15, 0.2) is 5.78 Å². The predicted molar refractivity (Wildman–Crippen MR) is 61.3 cm³/mol. The second kappa shape index (κ2) is 3.74. The van der Waals surface area contributed by atoms with Gasteiger partial charge in [-0.15, -0.1) is 0 Å². The Morgan fingerprint density at radius 2 is 2.17 bits per heavy atom. The van der Waals surface area contributed by atoms with Crippen LogP contribution in [-0.2, 0) is 0 Å². The maximum Gasteiger partial charge on any atom is 0.161 e. The molecule has 0 aromatic heterocycles. The van der Waals surface area contributed by atoms with E-state index in [1.54, 1.807) is 12.1 Å². The Bertz CT molecular complexity index is 338. The van der Waals surface area contributed by atoms with Gasteiger partial charge in [-0.2, -0.15) is 0 Å². The summed E-state index contributed by atoms with van der Waals surface area (Å²) in [5.74, 6) is -0.00193. The largest absolute Gasteiger partial charge is 0.398 e. The third-order valence-electron chi connectivity index (χ3n) is 1.47. The number of hydrogen-bond acceptors (Lipinski definition) is 2. The summed E-state index contributed by atoms with van der Waals surface area (Å²) in [6.07, 6.45) is 0. The van der Waals surface area contributed by atoms with Crippen molar-refractivity contribution in [3.63, 3.8) is 0 Å². The fourth-order valence-corrected chi connectivity index (χ4v) is 1.70. The minimum absolute atomic E-state index is 0.00193. The van der Waals surface area contributed by atoms with E-state index in [1.165, 1.54) is 6.92 Å². The van der Waals surface area contributed by atoms with Crippen LogP contribution in [0.15, 0.2) is 16.6 Å². The molecule has 0 heterocycles. The number of Topliss-reactive ketones (excluding diaryl/α,β-unsaturated/α-hetero) is 1. The van der Waals surface area contributed by atoms with Gasteiger partial charge in [-0.25, -0.2) is 0 Å². The fraction of sp³-hybridized carbons (Fsp3) is 0.125. The van der Waals surface area contributed by atoms with Gasteiger partial charge in [-0.05, 0) is 57.6 Å². The van der Waals surface area contributed by atoms with Gasteiger partial charge in [0.2, 0.25) is 0 Å². The van der Waals surface area contributed by atoms with Crippen LogP contribution in [0.5, 0.6) is 0 Å². The number of nitrogen functional groups attached to an aromatic ring is 1. The highest BCUT2D eigenvalue weighted by Gasteiger charge is 2.07. The molecule has 0 aliphatic heterocycles. The molecular weight excluding hydrogens is 333 g/mol. The molecule has 64 valence electrons. The van der Waals surface area contributed by atoms with Crippen molar-refractivity contribution in [3.8, 4) is 0 Å². The lowest BCUT2D eigenvalue weighted by molar-refractivity contribution is 0.101. The van der Waals surface area contributed by atoms with Crippen molar-refractivity contribution in [1.29, 1.82) is 0 Å². The molecule has 0 amide bonds. The number of halogens is 2. The van der Waals surface area contributed by atoms with Gasteiger partial charge in [0.25, 0.3) is 0 Å². The maximum absolute atomic E-state index is 11.0. The third-order valence-corrected chi connectivity index (χ3v) is 3.76. The van der Waals surface area contributed by atoms with Gasteiger partial charge in [0.05, 0.1) is 0 Å². The van der Waals surface area contributed by atoms with Crippen LogP contribution in [0.1, 0.15) is 17.3 Å². The molecule has 1 rings (SSSR count). The molecule has 0 atom stereocenters. The Balaban J connectivity index is 3.33. The monoisotopic (exact) mass is 339 g/mol. The van der Waals surface area contributed by atoms with Gasteiger partial charge < -0.3 is 5.73 Å². The first-order chi connectivity index (χ1) is 5.52. The standard InChI is InChI=1S/C8H7BrINO/c1-4(12)5-2-7(10)6(9)3-8(5)11/h2-3H,11H2,1H3. The van der Waals surface area contributed by atoms with Crippen LogP contribution in [0.25, 0.3) is 0 Å². The number of benzene rings is 1. The summed E-state index contributed by atoms with van der Waals surface area (Å²) in [6.45, 7) is 1.51. The van der Waals surface area contributed by atoms with Crippen molar-refractivity contribution >= 4 is 50.0 Å². The molecule has 1 aromatic carbocycles. The lowest BCUT2D eigenvalue weighted by Gasteiger charge is -2.03. The van der Waals surface area contributed by atoms with E-state index in [2.05, 4.69) is 38.5 Å². The maximum atomic E-state index is 11.0. The molecule has 12 heavy (non-hydrogen) atoms. The Morgan fingerprint density at radius 1 is 1.58 bits per heavy atom. The highest BCUT2D eigenvalue weighted by atomic mass is 127. The zero-order chi connectivity index (χ0) is 9.30. The zero-order valence-corrected chi connectivity index (χ0v) is 10.1. The molecule has 0 spiro atoms. The summed E-state index contributed by atoms with van der Waals surface area (Å²) >= 11 is 5.48. The Hall–Kier alpha value is -0.100. The summed E-state index contributed by atoms with van der Waals surface area (Å²) in [5.41, 5.74) is 6.75. The number of carbonyl (C=O) groups is 1. The Morgan fingerprint density at radius 3 is 2.67 bits per heavy atom. The number of anilines is 1. The van der Waals surface area contributed by atoms with E-state index >= 15 is 0 Å². The number of carbonyl (C=O) groups excluding carboxylic acids is 1. The van der Waals surface area contributed by atoms with Crippen molar-refractivity contribution < 1.29 is 4.79 Å². The first-order valence-corrected chi connectivity index (χ1v) is 5.15. The lowest BCUT2D eigenvalue weighted by atomic mass is 10.1. The van der Waals surface area contributed by atoms with Crippen molar-refractivity contribution in [1.82, 2.24) is 0 Å². The van der Waals surface area contributed by atoms with E-state index in [0.717, 1.165) is 8.04 Å². The van der Waals surface area contributed by atoms with Crippen molar-refractivity contribution in [2.75, 3.05) is 5.73 Å². The van der Waals surface area contributed by atoms with Crippen LogP contribution >= 0.6 is 38.5 Å². The number of hydrogen-bond donors (Lipinski definition) is 1. The highest BCUT2D eigenvalue weighted by Crippen LogP contribution is 2.25. The van der Waals surface area contributed by atoms with Gasteiger partial charge in [-0.1, -0.05) is 0 Å². The summed E-state index contributed by atoms with van der Waals surface area (Å²) in [7, 11) is 0. The average Bonchev–Trinajstić information content (AvgIpc) is 1.96. The molecule has 0 fully saturated rings. The van der Waals surface area contributed by atoms with Crippen LogP contribution in [0.4, 0.5) is 5.69 Å². The van der Waals surface area contributed by atoms with Crippen LogP contribution in [-0.4, -0.2) is 5.78 Å². The highest BCUT2D eigenvalue weighted by molar-refractivity contribution is 14.1. The van der Waals surface area contributed by atoms with Crippen LogP contribution in [0.2, 0.25) is 0 Å². The van der Waals surface area contributed by atoms with E-state index in [-0.39, 0.29) is 5.78 Å². The van der Waals surface area contributed by atoms with Crippen molar-refractivity contribution in [3.05, 3.63) is 25.7 Å². The topological polar surface area (TPSA) is 43.1 Å². The molecule has 0 unspecified atom stereocenters.